The molecule has 0 bridgehead atoms. The van der Waals surface area contributed by atoms with E-state index in [1.165, 1.54) is 6.20 Å². The van der Waals surface area contributed by atoms with E-state index in [1.807, 2.05) is 68.4 Å². The fraction of sp³-hybridized carbons (Fsp3) is 0.150. The van der Waals surface area contributed by atoms with Crippen molar-refractivity contribution in [2.45, 2.75) is 19.9 Å². The molecule has 1 heterocycles. The Labute approximate surface area is 157 Å². The topological polar surface area (TPSA) is 96.4 Å². The maximum absolute atomic E-state index is 11.0. The summed E-state index contributed by atoms with van der Waals surface area (Å²) in [7, 11) is 0. The molecule has 0 radical (unpaired) electrons. The van der Waals surface area contributed by atoms with Gasteiger partial charge in [-0.2, -0.15) is 0 Å². The first kappa shape index (κ1) is 18.2. The van der Waals surface area contributed by atoms with Crippen molar-refractivity contribution in [2.24, 2.45) is 0 Å². The van der Waals surface area contributed by atoms with Crippen LogP contribution in [0.5, 0.6) is 5.75 Å². The van der Waals surface area contributed by atoms with Gasteiger partial charge < -0.3 is 20.5 Å². The molecule has 7 nitrogen and oxygen atoms in total. The molecule has 1 aromatic heterocycles. The van der Waals surface area contributed by atoms with Crippen LogP contribution in [0, 0.1) is 0 Å². The molecule has 0 saturated carbocycles. The second kappa shape index (κ2) is 8.18. The van der Waals surface area contributed by atoms with Gasteiger partial charge in [-0.15, -0.1) is 0 Å². The zero-order valence-corrected chi connectivity index (χ0v) is 15.0. The number of nitrogens with one attached hydrogen (secondary N) is 2. The molecule has 0 spiro atoms. The number of hydrogen-bond acceptors (Lipinski definition) is 6. The van der Waals surface area contributed by atoms with Gasteiger partial charge in [0, 0.05) is 11.6 Å². The Morgan fingerprint density at radius 1 is 1.04 bits per heavy atom. The normalized spacial score (nSPS) is 10.5. The van der Waals surface area contributed by atoms with Crippen LogP contribution in [0.4, 0.5) is 22.0 Å². The van der Waals surface area contributed by atoms with Gasteiger partial charge in [0.2, 0.25) is 0 Å². The van der Waals surface area contributed by atoms with Crippen LogP contribution in [0.3, 0.4) is 0 Å². The molecule has 0 fully saturated rings. The monoisotopic (exact) mass is 364 g/mol. The summed E-state index contributed by atoms with van der Waals surface area (Å²) in [5, 5.41) is 15.5. The third kappa shape index (κ3) is 4.72. The number of nitrogens with zero attached hydrogens (tertiary/aromatic N) is 2. The van der Waals surface area contributed by atoms with Crippen LogP contribution in [0.1, 0.15) is 13.8 Å². The summed E-state index contributed by atoms with van der Waals surface area (Å²) >= 11 is 0. The van der Waals surface area contributed by atoms with Gasteiger partial charge in [-0.25, -0.2) is 14.8 Å². The Kier molecular flexibility index (Phi) is 5.51. The van der Waals surface area contributed by atoms with Gasteiger partial charge in [-0.3, -0.25) is 0 Å². The van der Waals surface area contributed by atoms with Crippen molar-refractivity contribution in [3.8, 4) is 17.1 Å². The van der Waals surface area contributed by atoms with Gasteiger partial charge >= 0.3 is 6.16 Å². The fourth-order valence-electron chi connectivity index (χ4n) is 2.51. The minimum absolute atomic E-state index is 0.0292. The van der Waals surface area contributed by atoms with Gasteiger partial charge in [0.1, 0.15) is 0 Å². The molecule has 0 saturated heterocycles. The molecule has 0 amide bonds. The number of carboxylic acid groups (broad SMARTS) is 1. The molecule has 3 N–H and O–H groups in total. The Bertz CT molecular complexity index is 930. The molecule has 0 aliphatic rings. The molecular weight excluding hydrogens is 344 g/mol. The molecular formula is C20H20N4O3. The van der Waals surface area contributed by atoms with Crippen molar-refractivity contribution in [1.29, 1.82) is 0 Å². The molecule has 3 aromatic rings. The summed E-state index contributed by atoms with van der Waals surface area (Å²) in [6.07, 6.45) is -0.0766. The van der Waals surface area contributed by atoms with Crippen LogP contribution in [0.15, 0.2) is 60.8 Å². The summed E-state index contributed by atoms with van der Waals surface area (Å²) in [4.78, 5) is 19.7. The molecule has 27 heavy (non-hydrogen) atoms. The van der Waals surface area contributed by atoms with E-state index < -0.39 is 6.16 Å². The molecule has 0 unspecified atom stereocenters. The lowest BCUT2D eigenvalue weighted by Crippen LogP contribution is -2.12. The summed E-state index contributed by atoms with van der Waals surface area (Å²) in [6, 6.07) is 17.3. The van der Waals surface area contributed by atoms with Crippen molar-refractivity contribution >= 4 is 23.3 Å². The van der Waals surface area contributed by atoms with E-state index in [0.29, 0.717) is 5.82 Å². The Hall–Kier alpha value is -3.61. The number of anilines is 3. The minimum atomic E-state index is -1.43. The smallest absolute Gasteiger partial charge is 0.449 e. The molecule has 0 aliphatic heterocycles. The van der Waals surface area contributed by atoms with Crippen molar-refractivity contribution in [3.05, 3.63) is 60.8 Å². The molecule has 138 valence electrons. The van der Waals surface area contributed by atoms with E-state index in [0.717, 1.165) is 16.9 Å². The molecule has 2 aromatic carbocycles. The van der Waals surface area contributed by atoms with Gasteiger partial charge in [0.25, 0.3) is 0 Å². The van der Waals surface area contributed by atoms with Crippen LogP contribution in [-0.2, 0) is 0 Å². The molecule has 7 heteroatoms. The quantitative estimate of drug-likeness (QED) is 0.542. The van der Waals surface area contributed by atoms with E-state index in [4.69, 9.17) is 9.84 Å². The highest BCUT2D eigenvalue weighted by atomic mass is 16.7. The molecule has 0 atom stereocenters. The average Bonchev–Trinajstić information content (AvgIpc) is 2.64. The lowest BCUT2D eigenvalue weighted by molar-refractivity contribution is 0.144. The van der Waals surface area contributed by atoms with E-state index in [-0.39, 0.29) is 17.6 Å². The predicted molar refractivity (Wildman–Crippen MR) is 105 cm³/mol. The largest absolute Gasteiger partial charge is 0.511 e. The van der Waals surface area contributed by atoms with Crippen molar-refractivity contribution in [3.63, 3.8) is 0 Å². The number of aromatic nitrogens is 2. The fourth-order valence-corrected chi connectivity index (χ4v) is 2.51. The van der Waals surface area contributed by atoms with Crippen molar-refractivity contribution in [2.75, 3.05) is 10.6 Å². The number of rotatable bonds is 6. The molecule has 3 rings (SSSR count). The second-order valence-electron chi connectivity index (χ2n) is 6.11. The number of hydrogen-bond donors (Lipinski definition) is 3. The van der Waals surface area contributed by atoms with Crippen molar-refractivity contribution in [1.82, 2.24) is 9.97 Å². The first-order valence-electron chi connectivity index (χ1n) is 8.49. The van der Waals surface area contributed by atoms with Gasteiger partial charge in [0.15, 0.2) is 17.4 Å². The summed E-state index contributed by atoms with van der Waals surface area (Å²) in [5.74, 6) is 0.760. The van der Waals surface area contributed by atoms with Gasteiger partial charge in [0.05, 0.1) is 17.6 Å². The SMILES string of the molecule is CC(C)Nc1ccccc1Nc1nc(-c2ccccc2)ncc1OC(=O)O. The highest BCUT2D eigenvalue weighted by molar-refractivity contribution is 5.77. The summed E-state index contributed by atoms with van der Waals surface area (Å²) in [6.45, 7) is 4.07. The number of benzene rings is 2. The first-order valence-corrected chi connectivity index (χ1v) is 8.49. The van der Waals surface area contributed by atoms with Crippen LogP contribution in [0.2, 0.25) is 0 Å². The van der Waals surface area contributed by atoms with Gasteiger partial charge in [-0.05, 0) is 26.0 Å². The third-order valence-corrected chi connectivity index (χ3v) is 3.61. The number of ether oxygens (including phenoxy) is 1. The average molecular weight is 364 g/mol. The highest BCUT2D eigenvalue weighted by Gasteiger charge is 2.15. The van der Waals surface area contributed by atoms with E-state index in [1.54, 1.807) is 0 Å². The van der Waals surface area contributed by atoms with Crippen LogP contribution < -0.4 is 15.4 Å². The van der Waals surface area contributed by atoms with Crippen molar-refractivity contribution < 1.29 is 14.6 Å². The summed E-state index contributed by atoms with van der Waals surface area (Å²) < 4.78 is 4.84. The van der Waals surface area contributed by atoms with E-state index in [9.17, 15) is 4.79 Å². The highest BCUT2D eigenvalue weighted by Crippen LogP contribution is 2.31. The molecule has 0 aliphatic carbocycles. The summed E-state index contributed by atoms with van der Waals surface area (Å²) in [5.41, 5.74) is 2.43. The van der Waals surface area contributed by atoms with Crippen LogP contribution in [0.25, 0.3) is 11.4 Å². The first-order chi connectivity index (χ1) is 13.0. The standard InChI is InChI=1S/C20H20N4O3/c1-13(2)22-15-10-6-7-11-16(15)23-19-17(27-20(25)26)12-21-18(24-19)14-8-4-3-5-9-14/h3-13,22H,1-2H3,(H,25,26)(H,21,23,24). The zero-order valence-electron chi connectivity index (χ0n) is 15.0. The van der Waals surface area contributed by atoms with Crippen LogP contribution in [-0.4, -0.2) is 27.3 Å². The van der Waals surface area contributed by atoms with Crippen LogP contribution >= 0.6 is 0 Å². The maximum atomic E-state index is 11.0. The van der Waals surface area contributed by atoms with E-state index in [2.05, 4.69) is 20.6 Å². The zero-order chi connectivity index (χ0) is 19.2. The maximum Gasteiger partial charge on any atom is 0.511 e. The number of para-hydroxylation sites is 2. The minimum Gasteiger partial charge on any atom is -0.449 e. The second-order valence-corrected chi connectivity index (χ2v) is 6.11. The Balaban J connectivity index is 2.01. The Morgan fingerprint density at radius 3 is 2.37 bits per heavy atom. The lowest BCUT2D eigenvalue weighted by Gasteiger charge is -2.17. The third-order valence-electron chi connectivity index (χ3n) is 3.61. The Morgan fingerprint density at radius 2 is 1.70 bits per heavy atom. The van der Waals surface area contributed by atoms with E-state index >= 15 is 0 Å². The number of carbonyl (C=O) groups is 1. The van der Waals surface area contributed by atoms with Gasteiger partial charge in [-0.1, -0.05) is 42.5 Å². The lowest BCUT2D eigenvalue weighted by atomic mass is 10.2. The predicted octanol–water partition coefficient (Wildman–Crippen LogP) is 4.76.